The number of ether oxygens (including phenoxy) is 3. The second-order valence-corrected chi connectivity index (χ2v) is 5.97. The fourth-order valence-electron chi connectivity index (χ4n) is 2.69. The smallest absolute Gasteiger partial charge is 0.312 e. The summed E-state index contributed by atoms with van der Waals surface area (Å²) >= 11 is 5.70. The number of pyridine rings is 1. The lowest BCUT2D eigenvalue weighted by atomic mass is 9.95. The van der Waals surface area contributed by atoms with Crippen LogP contribution in [-0.2, 0) is 14.3 Å². The summed E-state index contributed by atoms with van der Waals surface area (Å²) in [6.45, 7) is 0.762. The van der Waals surface area contributed by atoms with Gasteiger partial charge in [0.05, 0.1) is 23.2 Å². The fourth-order valence-corrected chi connectivity index (χ4v) is 2.81. The topological polar surface area (TPSA) is 57.7 Å². The van der Waals surface area contributed by atoms with Crippen molar-refractivity contribution in [1.29, 1.82) is 0 Å². The number of carbonyl (C=O) groups excluding carboxylic acids is 1. The molecule has 0 N–H and O–H groups in total. The molecule has 1 aromatic heterocycles. The Morgan fingerprint density at radius 2 is 2.24 bits per heavy atom. The van der Waals surface area contributed by atoms with E-state index in [9.17, 15) is 9.18 Å². The normalized spacial score (nSPS) is 19.6. The van der Waals surface area contributed by atoms with E-state index < -0.39 is 17.8 Å². The third-order valence-electron chi connectivity index (χ3n) is 3.90. The zero-order valence-electron chi connectivity index (χ0n) is 13.4. The standard InChI is InChI=1S/C18H17ClFNO4/c19-15-4-3-12(10-16(15)20)17-14(5-7-24-17)18(22)25-9-8-23-13-2-1-6-21-11-13/h1-4,6,10-11,14,17H,5,7-9H2/t14-,17+/m1/s1. The average Bonchev–Trinajstić information content (AvgIpc) is 3.12. The van der Waals surface area contributed by atoms with Crippen LogP contribution in [0.4, 0.5) is 4.39 Å². The lowest BCUT2D eigenvalue weighted by molar-refractivity contribution is -0.151. The summed E-state index contributed by atoms with van der Waals surface area (Å²) < 4.78 is 29.9. The summed E-state index contributed by atoms with van der Waals surface area (Å²) in [7, 11) is 0. The highest BCUT2D eigenvalue weighted by atomic mass is 35.5. The van der Waals surface area contributed by atoms with E-state index in [2.05, 4.69) is 4.98 Å². The predicted octanol–water partition coefficient (Wildman–Crippen LogP) is 3.57. The van der Waals surface area contributed by atoms with E-state index in [4.69, 9.17) is 25.8 Å². The van der Waals surface area contributed by atoms with Crippen molar-refractivity contribution in [3.8, 4) is 5.75 Å². The lowest BCUT2D eigenvalue weighted by Crippen LogP contribution is -2.23. The van der Waals surface area contributed by atoms with Crippen molar-refractivity contribution in [2.75, 3.05) is 19.8 Å². The number of rotatable bonds is 6. The Kier molecular flexibility index (Phi) is 5.83. The number of halogens is 2. The van der Waals surface area contributed by atoms with Gasteiger partial charge in [-0.2, -0.15) is 0 Å². The van der Waals surface area contributed by atoms with Crippen molar-refractivity contribution in [3.05, 3.63) is 59.1 Å². The van der Waals surface area contributed by atoms with Gasteiger partial charge in [0.15, 0.2) is 0 Å². The molecule has 7 heteroatoms. The van der Waals surface area contributed by atoms with Crippen molar-refractivity contribution in [1.82, 2.24) is 4.98 Å². The van der Waals surface area contributed by atoms with Crippen LogP contribution in [0, 0.1) is 11.7 Å². The molecule has 0 spiro atoms. The Labute approximate surface area is 149 Å². The monoisotopic (exact) mass is 365 g/mol. The quantitative estimate of drug-likeness (QED) is 0.578. The molecule has 25 heavy (non-hydrogen) atoms. The molecule has 1 aromatic carbocycles. The molecule has 132 valence electrons. The van der Waals surface area contributed by atoms with Gasteiger partial charge in [-0.15, -0.1) is 0 Å². The van der Waals surface area contributed by atoms with Gasteiger partial charge < -0.3 is 14.2 Å². The van der Waals surface area contributed by atoms with Gasteiger partial charge in [0.1, 0.15) is 24.8 Å². The van der Waals surface area contributed by atoms with Crippen LogP contribution >= 0.6 is 11.6 Å². The highest BCUT2D eigenvalue weighted by molar-refractivity contribution is 6.30. The summed E-state index contributed by atoms with van der Waals surface area (Å²) in [4.78, 5) is 16.2. The minimum Gasteiger partial charge on any atom is -0.488 e. The van der Waals surface area contributed by atoms with E-state index in [1.807, 2.05) is 0 Å². The van der Waals surface area contributed by atoms with E-state index in [1.54, 1.807) is 30.6 Å². The number of aromatic nitrogens is 1. The van der Waals surface area contributed by atoms with Crippen molar-refractivity contribution in [2.24, 2.45) is 5.92 Å². The van der Waals surface area contributed by atoms with Gasteiger partial charge in [0.25, 0.3) is 0 Å². The lowest BCUT2D eigenvalue weighted by Gasteiger charge is -2.18. The van der Waals surface area contributed by atoms with E-state index in [1.165, 1.54) is 12.1 Å². The van der Waals surface area contributed by atoms with Gasteiger partial charge in [-0.25, -0.2) is 4.39 Å². The van der Waals surface area contributed by atoms with Gasteiger partial charge in [0.2, 0.25) is 0 Å². The van der Waals surface area contributed by atoms with E-state index in [0.717, 1.165) is 0 Å². The molecule has 0 amide bonds. The van der Waals surface area contributed by atoms with Crippen LogP contribution in [0.25, 0.3) is 0 Å². The first kappa shape index (κ1) is 17.6. The van der Waals surface area contributed by atoms with E-state index in [-0.39, 0.29) is 24.2 Å². The summed E-state index contributed by atoms with van der Waals surface area (Å²) in [5, 5.41) is 0.0356. The van der Waals surface area contributed by atoms with Gasteiger partial charge >= 0.3 is 5.97 Å². The Balaban J connectivity index is 1.53. The molecule has 2 heterocycles. The minimum absolute atomic E-state index is 0.0356. The summed E-state index contributed by atoms with van der Waals surface area (Å²) in [5.74, 6) is -0.782. The number of hydrogen-bond donors (Lipinski definition) is 0. The highest BCUT2D eigenvalue weighted by Crippen LogP contribution is 2.36. The van der Waals surface area contributed by atoms with Crippen molar-refractivity contribution in [2.45, 2.75) is 12.5 Å². The Hall–Kier alpha value is -2.18. The number of esters is 1. The maximum Gasteiger partial charge on any atom is 0.312 e. The molecule has 0 unspecified atom stereocenters. The Morgan fingerprint density at radius 3 is 3.00 bits per heavy atom. The number of hydrogen-bond acceptors (Lipinski definition) is 5. The van der Waals surface area contributed by atoms with Gasteiger partial charge in [-0.3, -0.25) is 9.78 Å². The van der Waals surface area contributed by atoms with E-state index in [0.29, 0.717) is 24.3 Å². The number of carbonyl (C=O) groups is 1. The summed E-state index contributed by atoms with van der Waals surface area (Å²) in [6.07, 6.45) is 3.22. The second kappa shape index (κ2) is 8.27. The summed E-state index contributed by atoms with van der Waals surface area (Å²) in [5.41, 5.74) is 0.577. The van der Waals surface area contributed by atoms with Crippen molar-refractivity contribution in [3.63, 3.8) is 0 Å². The van der Waals surface area contributed by atoms with Crippen LogP contribution in [0.5, 0.6) is 5.75 Å². The van der Waals surface area contributed by atoms with Gasteiger partial charge in [-0.05, 0) is 36.2 Å². The molecule has 2 atom stereocenters. The number of benzene rings is 1. The molecule has 1 aliphatic rings. The maximum absolute atomic E-state index is 13.6. The zero-order chi connectivity index (χ0) is 17.6. The first-order valence-electron chi connectivity index (χ1n) is 7.91. The fraction of sp³-hybridized carbons (Fsp3) is 0.333. The molecule has 3 rings (SSSR count). The van der Waals surface area contributed by atoms with Crippen molar-refractivity contribution < 1.29 is 23.4 Å². The van der Waals surface area contributed by atoms with Crippen LogP contribution in [0.1, 0.15) is 18.1 Å². The molecule has 0 radical (unpaired) electrons. The maximum atomic E-state index is 13.6. The molecule has 1 fully saturated rings. The third-order valence-corrected chi connectivity index (χ3v) is 4.20. The summed E-state index contributed by atoms with van der Waals surface area (Å²) in [6, 6.07) is 7.94. The van der Waals surface area contributed by atoms with Crippen molar-refractivity contribution >= 4 is 17.6 Å². The molecule has 0 aliphatic carbocycles. The van der Waals surface area contributed by atoms with Crippen LogP contribution in [0.3, 0.4) is 0 Å². The third kappa shape index (κ3) is 4.46. The van der Waals surface area contributed by atoms with Gasteiger partial charge in [-0.1, -0.05) is 17.7 Å². The molecule has 0 saturated carbocycles. The second-order valence-electron chi connectivity index (χ2n) is 5.56. The average molecular weight is 366 g/mol. The number of nitrogens with zero attached hydrogens (tertiary/aromatic N) is 1. The first-order valence-corrected chi connectivity index (χ1v) is 8.29. The zero-order valence-corrected chi connectivity index (χ0v) is 14.1. The first-order chi connectivity index (χ1) is 12.1. The van der Waals surface area contributed by atoms with Crippen LogP contribution < -0.4 is 4.74 Å². The van der Waals surface area contributed by atoms with Gasteiger partial charge in [0, 0.05) is 12.8 Å². The SMILES string of the molecule is O=C(OCCOc1cccnc1)[C@@H]1CCO[C@H]1c1ccc(Cl)c(F)c1. The molecule has 0 bridgehead atoms. The van der Waals surface area contributed by atoms with Crippen LogP contribution in [0.2, 0.25) is 5.02 Å². The van der Waals surface area contributed by atoms with Crippen LogP contribution in [0.15, 0.2) is 42.7 Å². The Bertz CT molecular complexity index is 728. The largest absolute Gasteiger partial charge is 0.488 e. The molecule has 1 saturated heterocycles. The molecular weight excluding hydrogens is 349 g/mol. The van der Waals surface area contributed by atoms with E-state index >= 15 is 0 Å². The molecule has 1 aliphatic heterocycles. The Morgan fingerprint density at radius 1 is 1.36 bits per heavy atom. The minimum atomic E-state index is -0.536. The van der Waals surface area contributed by atoms with Crippen LogP contribution in [-0.4, -0.2) is 30.8 Å². The molecule has 2 aromatic rings. The highest BCUT2D eigenvalue weighted by Gasteiger charge is 2.36. The predicted molar refractivity (Wildman–Crippen MR) is 88.9 cm³/mol. The molecule has 5 nitrogen and oxygen atoms in total. The molecular formula is C18H17ClFNO4.